The van der Waals surface area contributed by atoms with Crippen molar-refractivity contribution >= 4 is 27.5 Å². The van der Waals surface area contributed by atoms with Gasteiger partial charge in [-0.3, -0.25) is 0 Å². The monoisotopic (exact) mass is 289 g/mol. The van der Waals surface area contributed by atoms with E-state index in [1.165, 1.54) is 5.56 Å². The van der Waals surface area contributed by atoms with Crippen molar-refractivity contribution in [1.29, 1.82) is 0 Å². The molecule has 2 heterocycles. The molecule has 2 aromatic heterocycles. The van der Waals surface area contributed by atoms with E-state index in [1.54, 1.807) is 0 Å². The maximum absolute atomic E-state index is 11.5. The predicted molar refractivity (Wildman–Crippen MR) is 90.5 cm³/mol. The highest BCUT2D eigenvalue weighted by Gasteiger charge is 2.18. The summed E-state index contributed by atoms with van der Waals surface area (Å²) in [7, 11) is 0. The summed E-state index contributed by atoms with van der Waals surface area (Å²) >= 11 is 0. The molecule has 0 amide bonds. The molecule has 0 aliphatic carbocycles. The summed E-state index contributed by atoms with van der Waals surface area (Å²) < 4.78 is 0. The standard InChI is InChI=1S/C18H15N3O/c1-10-5-3-7-13-15(10)12(9-19-13)17-18(21-22)16-11(2)6-4-8-14(16)20-17/h3-9,19-20H,1-2H3. The van der Waals surface area contributed by atoms with Crippen LogP contribution in [0.4, 0.5) is 5.69 Å². The Balaban J connectivity index is 2.13. The molecular weight excluding hydrogens is 274 g/mol. The average Bonchev–Trinajstić information content (AvgIpc) is 3.09. The number of hydrogen-bond acceptors (Lipinski definition) is 2. The molecule has 2 N–H and O–H groups in total. The van der Waals surface area contributed by atoms with Gasteiger partial charge in [0.15, 0.2) is 0 Å². The van der Waals surface area contributed by atoms with Crippen LogP contribution in [0.25, 0.3) is 33.1 Å². The topological polar surface area (TPSA) is 61.0 Å². The first-order valence-electron chi connectivity index (χ1n) is 7.22. The van der Waals surface area contributed by atoms with Crippen molar-refractivity contribution < 1.29 is 0 Å². The van der Waals surface area contributed by atoms with Crippen LogP contribution >= 0.6 is 0 Å². The second-order valence-corrected chi connectivity index (χ2v) is 5.64. The van der Waals surface area contributed by atoms with Gasteiger partial charge < -0.3 is 9.97 Å². The molecule has 0 saturated heterocycles. The lowest BCUT2D eigenvalue weighted by molar-refractivity contribution is 1.42. The van der Waals surface area contributed by atoms with Gasteiger partial charge in [0.2, 0.25) is 0 Å². The van der Waals surface area contributed by atoms with Crippen molar-refractivity contribution in [1.82, 2.24) is 9.97 Å². The molecule has 0 fully saturated rings. The van der Waals surface area contributed by atoms with Crippen LogP contribution in [0.15, 0.2) is 47.8 Å². The molecule has 0 bridgehead atoms. The molecule has 0 aliphatic heterocycles. The zero-order valence-corrected chi connectivity index (χ0v) is 12.4. The number of hydrogen-bond donors (Lipinski definition) is 2. The Hall–Kier alpha value is -2.88. The number of aromatic nitrogens is 2. The van der Waals surface area contributed by atoms with Crippen molar-refractivity contribution in [2.24, 2.45) is 5.18 Å². The van der Waals surface area contributed by atoms with Crippen molar-refractivity contribution in [2.45, 2.75) is 13.8 Å². The minimum Gasteiger partial charge on any atom is -0.360 e. The van der Waals surface area contributed by atoms with E-state index in [-0.39, 0.29) is 0 Å². The molecule has 4 heteroatoms. The van der Waals surface area contributed by atoms with Crippen LogP contribution in [0.3, 0.4) is 0 Å². The molecule has 0 aliphatic rings. The Kier molecular flexibility index (Phi) is 2.66. The Morgan fingerprint density at radius 1 is 0.909 bits per heavy atom. The molecule has 22 heavy (non-hydrogen) atoms. The van der Waals surface area contributed by atoms with E-state index in [1.807, 2.05) is 43.5 Å². The predicted octanol–water partition coefficient (Wildman–Crippen LogP) is 5.33. The number of nitrogens with zero attached hydrogens (tertiary/aromatic N) is 1. The highest BCUT2D eigenvalue weighted by Crippen LogP contribution is 2.41. The zero-order chi connectivity index (χ0) is 15.3. The first-order valence-corrected chi connectivity index (χ1v) is 7.22. The van der Waals surface area contributed by atoms with Gasteiger partial charge in [-0.2, -0.15) is 0 Å². The fourth-order valence-corrected chi connectivity index (χ4v) is 3.26. The van der Waals surface area contributed by atoms with Gasteiger partial charge in [0, 0.05) is 33.6 Å². The van der Waals surface area contributed by atoms with Crippen molar-refractivity contribution in [2.75, 3.05) is 0 Å². The average molecular weight is 289 g/mol. The minimum absolute atomic E-state index is 0.484. The highest BCUT2D eigenvalue weighted by atomic mass is 16.3. The summed E-state index contributed by atoms with van der Waals surface area (Å²) in [6.07, 6.45) is 1.94. The third-order valence-corrected chi connectivity index (χ3v) is 4.28. The van der Waals surface area contributed by atoms with Gasteiger partial charge in [0.25, 0.3) is 0 Å². The van der Waals surface area contributed by atoms with Gasteiger partial charge >= 0.3 is 0 Å². The Morgan fingerprint density at radius 3 is 2.32 bits per heavy atom. The maximum atomic E-state index is 11.5. The van der Waals surface area contributed by atoms with Gasteiger partial charge in [-0.05, 0) is 42.3 Å². The molecule has 4 aromatic rings. The molecular formula is C18H15N3O. The normalized spacial score (nSPS) is 11.4. The van der Waals surface area contributed by atoms with Crippen LogP contribution in [0.5, 0.6) is 0 Å². The van der Waals surface area contributed by atoms with Gasteiger partial charge in [-0.25, -0.2) is 0 Å². The third kappa shape index (κ3) is 1.64. The van der Waals surface area contributed by atoms with Crippen LogP contribution < -0.4 is 0 Å². The fourth-order valence-electron chi connectivity index (χ4n) is 3.26. The van der Waals surface area contributed by atoms with Gasteiger partial charge in [-0.1, -0.05) is 24.3 Å². The van der Waals surface area contributed by atoms with Gasteiger partial charge in [-0.15, -0.1) is 4.91 Å². The minimum atomic E-state index is 0.484. The molecule has 2 aromatic carbocycles. The van der Waals surface area contributed by atoms with Gasteiger partial charge in [0.1, 0.15) is 5.69 Å². The number of aryl methyl sites for hydroxylation is 2. The second-order valence-electron chi connectivity index (χ2n) is 5.64. The number of aromatic amines is 2. The van der Waals surface area contributed by atoms with E-state index < -0.39 is 0 Å². The zero-order valence-electron chi connectivity index (χ0n) is 12.4. The third-order valence-electron chi connectivity index (χ3n) is 4.28. The van der Waals surface area contributed by atoms with Crippen LogP contribution in [0, 0.1) is 18.8 Å². The summed E-state index contributed by atoms with van der Waals surface area (Å²) in [5.41, 5.74) is 6.46. The number of rotatable bonds is 2. The van der Waals surface area contributed by atoms with E-state index in [4.69, 9.17) is 0 Å². The van der Waals surface area contributed by atoms with Crippen LogP contribution in [0.2, 0.25) is 0 Å². The first-order chi connectivity index (χ1) is 10.7. The Labute approximate surface area is 127 Å². The number of benzene rings is 2. The summed E-state index contributed by atoms with van der Waals surface area (Å²) in [4.78, 5) is 18.1. The lowest BCUT2D eigenvalue weighted by Gasteiger charge is -2.01. The number of nitroso groups, excluding NO2 is 1. The number of nitrogens with one attached hydrogen (secondary N) is 2. The lowest BCUT2D eigenvalue weighted by atomic mass is 10.0. The van der Waals surface area contributed by atoms with E-state index in [0.717, 1.165) is 38.6 Å². The largest absolute Gasteiger partial charge is 0.360 e. The highest BCUT2D eigenvalue weighted by molar-refractivity contribution is 6.07. The van der Waals surface area contributed by atoms with Crippen molar-refractivity contribution in [3.05, 3.63) is 58.6 Å². The lowest BCUT2D eigenvalue weighted by Crippen LogP contribution is -1.79. The van der Waals surface area contributed by atoms with E-state index in [2.05, 4.69) is 28.1 Å². The van der Waals surface area contributed by atoms with E-state index in [0.29, 0.717) is 5.69 Å². The van der Waals surface area contributed by atoms with Crippen molar-refractivity contribution in [3.63, 3.8) is 0 Å². The Morgan fingerprint density at radius 2 is 1.59 bits per heavy atom. The number of fused-ring (bicyclic) bond motifs is 2. The van der Waals surface area contributed by atoms with Gasteiger partial charge in [0.05, 0.1) is 5.69 Å². The van der Waals surface area contributed by atoms with E-state index >= 15 is 0 Å². The smallest absolute Gasteiger partial charge is 0.141 e. The summed E-state index contributed by atoms with van der Waals surface area (Å²) in [6.45, 7) is 4.07. The second kappa shape index (κ2) is 4.56. The first kappa shape index (κ1) is 12.8. The van der Waals surface area contributed by atoms with E-state index in [9.17, 15) is 4.91 Å². The Bertz CT molecular complexity index is 1020. The molecule has 0 radical (unpaired) electrons. The summed E-state index contributed by atoms with van der Waals surface area (Å²) in [5, 5.41) is 5.34. The molecule has 108 valence electrons. The maximum Gasteiger partial charge on any atom is 0.141 e. The molecule has 0 atom stereocenters. The molecule has 4 nitrogen and oxygen atoms in total. The molecule has 0 saturated carbocycles. The van der Waals surface area contributed by atoms with Crippen molar-refractivity contribution in [3.8, 4) is 11.3 Å². The summed E-state index contributed by atoms with van der Waals surface area (Å²) in [6, 6.07) is 12.1. The summed E-state index contributed by atoms with van der Waals surface area (Å²) in [5.74, 6) is 0. The van der Waals surface area contributed by atoms with Crippen LogP contribution in [-0.4, -0.2) is 9.97 Å². The quantitative estimate of drug-likeness (QED) is 0.481. The SMILES string of the molecule is Cc1cccc2[nH]cc(-c3[nH]c4cccc(C)c4c3N=O)c12. The molecule has 4 rings (SSSR count). The van der Waals surface area contributed by atoms with Crippen LogP contribution in [-0.2, 0) is 0 Å². The van der Waals surface area contributed by atoms with Crippen LogP contribution in [0.1, 0.15) is 11.1 Å². The molecule has 0 unspecified atom stereocenters. The fraction of sp³-hybridized carbons (Fsp3) is 0.111. The number of H-pyrrole nitrogens is 2. The molecule has 0 spiro atoms.